The zero-order chi connectivity index (χ0) is 18.5. The van der Waals surface area contributed by atoms with Crippen molar-refractivity contribution in [1.82, 2.24) is 5.32 Å². The van der Waals surface area contributed by atoms with E-state index in [1.54, 1.807) is 48.5 Å². The molecule has 26 heavy (non-hydrogen) atoms. The van der Waals surface area contributed by atoms with Gasteiger partial charge in [0, 0.05) is 11.3 Å². The zero-order valence-corrected chi connectivity index (χ0v) is 14.9. The normalized spacial score (nSPS) is 11.6. The van der Waals surface area contributed by atoms with Crippen LogP contribution in [-0.4, -0.2) is 16.9 Å². The van der Waals surface area contributed by atoms with E-state index in [2.05, 4.69) is 10.6 Å². The fraction of sp³-hybridized carbons (Fsp3) is 0.100. The summed E-state index contributed by atoms with van der Waals surface area (Å²) in [6, 6.07) is 16.8. The second kappa shape index (κ2) is 7.84. The number of rotatable bonds is 5. The van der Waals surface area contributed by atoms with Crippen LogP contribution < -0.4 is 10.6 Å². The second-order valence-corrected chi connectivity index (χ2v) is 6.75. The Morgan fingerprint density at radius 1 is 1.00 bits per heavy atom. The molecule has 0 spiro atoms. The molecule has 2 amide bonds. The summed E-state index contributed by atoms with van der Waals surface area (Å²) in [6.07, 6.45) is 0. The highest BCUT2D eigenvalue weighted by molar-refractivity contribution is 7.12. The molecule has 1 unspecified atom stereocenters. The molecule has 2 aromatic carbocycles. The highest BCUT2D eigenvalue weighted by atomic mass is 32.1. The standard InChI is InChI=1S/C20H18N2O3S/c1-13(14-5-3-8-17(23)12-14)21-19(24)15-6-2-7-16(11-15)22-20(25)18-9-4-10-26-18/h2-13,23H,1H3,(H,21,24)(H,22,25). The van der Waals surface area contributed by atoms with Crippen molar-refractivity contribution in [3.8, 4) is 5.75 Å². The molecular formula is C20H18N2O3S. The van der Waals surface area contributed by atoms with Crippen LogP contribution in [0.25, 0.3) is 0 Å². The SMILES string of the molecule is CC(NC(=O)c1cccc(NC(=O)c2cccs2)c1)c1cccc(O)c1. The molecule has 0 aliphatic carbocycles. The summed E-state index contributed by atoms with van der Waals surface area (Å²) in [5, 5.41) is 17.1. The minimum Gasteiger partial charge on any atom is -0.508 e. The number of thiophene rings is 1. The van der Waals surface area contributed by atoms with Gasteiger partial charge in [0.1, 0.15) is 5.75 Å². The lowest BCUT2D eigenvalue weighted by molar-refractivity contribution is 0.0938. The van der Waals surface area contributed by atoms with Crippen LogP contribution in [-0.2, 0) is 0 Å². The summed E-state index contributed by atoms with van der Waals surface area (Å²) in [5.41, 5.74) is 1.81. The Hall–Kier alpha value is -3.12. The summed E-state index contributed by atoms with van der Waals surface area (Å²) in [5.74, 6) is -0.305. The second-order valence-electron chi connectivity index (χ2n) is 5.80. The molecule has 1 heterocycles. The lowest BCUT2D eigenvalue weighted by atomic mass is 10.1. The molecule has 0 saturated heterocycles. The number of aromatic hydroxyl groups is 1. The Bertz CT molecular complexity index is 922. The van der Waals surface area contributed by atoms with Gasteiger partial charge >= 0.3 is 0 Å². The Kier molecular flexibility index (Phi) is 5.34. The molecule has 5 nitrogen and oxygen atoms in total. The van der Waals surface area contributed by atoms with E-state index in [1.165, 1.54) is 11.3 Å². The summed E-state index contributed by atoms with van der Waals surface area (Å²) in [7, 11) is 0. The van der Waals surface area contributed by atoms with Crippen molar-refractivity contribution < 1.29 is 14.7 Å². The first-order valence-electron chi connectivity index (χ1n) is 8.07. The topological polar surface area (TPSA) is 78.4 Å². The largest absolute Gasteiger partial charge is 0.508 e. The third-order valence-corrected chi connectivity index (χ3v) is 4.71. The van der Waals surface area contributed by atoms with Crippen molar-refractivity contribution in [3.63, 3.8) is 0 Å². The summed E-state index contributed by atoms with van der Waals surface area (Å²) in [4.78, 5) is 25.2. The first-order chi connectivity index (χ1) is 12.5. The number of hydrogen-bond donors (Lipinski definition) is 3. The smallest absolute Gasteiger partial charge is 0.265 e. The fourth-order valence-electron chi connectivity index (χ4n) is 2.50. The zero-order valence-electron chi connectivity index (χ0n) is 14.1. The molecular weight excluding hydrogens is 348 g/mol. The van der Waals surface area contributed by atoms with Gasteiger partial charge < -0.3 is 15.7 Å². The number of benzene rings is 2. The molecule has 6 heteroatoms. The van der Waals surface area contributed by atoms with Crippen LogP contribution in [0.5, 0.6) is 5.75 Å². The van der Waals surface area contributed by atoms with E-state index in [0.717, 1.165) is 5.56 Å². The van der Waals surface area contributed by atoms with Gasteiger partial charge in [-0.05, 0) is 54.3 Å². The number of phenols is 1. The third kappa shape index (κ3) is 4.29. The number of hydrogen-bond acceptors (Lipinski definition) is 4. The van der Waals surface area contributed by atoms with E-state index in [0.29, 0.717) is 16.1 Å². The molecule has 3 rings (SSSR count). The molecule has 0 aliphatic rings. The fourth-order valence-corrected chi connectivity index (χ4v) is 3.12. The summed E-state index contributed by atoms with van der Waals surface area (Å²) < 4.78 is 0. The van der Waals surface area contributed by atoms with Crippen LogP contribution in [0, 0.1) is 0 Å². The van der Waals surface area contributed by atoms with Crippen molar-refractivity contribution >= 4 is 28.8 Å². The lowest BCUT2D eigenvalue weighted by Crippen LogP contribution is -2.26. The van der Waals surface area contributed by atoms with Gasteiger partial charge in [0.25, 0.3) is 11.8 Å². The average Bonchev–Trinajstić information content (AvgIpc) is 3.16. The molecule has 132 valence electrons. The number of anilines is 1. The minimum atomic E-state index is -0.265. The number of amides is 2. The first kappa shape index (κ1) is 17.7. The van der Waals surface area contributed by atoms with Crippen LogP contribution in [0.15, 0.2) is 66.0 Å². The quantitative estimate of drug-likeness (QED) is 0.633. The highest BCUT2D eigenvalue weighted by Gasteiger charge is 2.13. The predicted molar refractivity (Wildman–Crippen MR) is 103 cm³/mol. The maximum Gasteiger partial charge on any atom is 0.265 e. The van der Waals surface area contributed by atoms with Gasteiger partial charge in [-0.1, -0.05) is 24.3 Å². The molecule has 1 aromatic heterocycles. The molecule has 0 bridgehead atoms. The van der Waals surface area contributed by atoms with Crippen molar-refractivity contribution in [2.24, 2.45) is 0 Å². The Labute approximate surface area is 155 Å². The van der Waals surface area contributed by atoms with E-state index in [4.69, 9.17) is 0 Å². The first-order valence-corrected chi connectivity index (χ1v) is 8.95. The number of carbonyl (C=O) groups is 2. The molecule has 3 aromatic rings. The maximum absolute atomic E-state index is 12.5. The monoisotopic (exact) mass is 366 g/mol. The number of nitrogens with one attached hydrogen (secondary N) is 2. The minimum absolute atomic E-state index is 0.155. The molecule has 0 radical (unpaired) electrons. The van der Waals surface area contributed by atoms with Gasteiger partial charge in [-0.15, -0.1) is 11.3 Å². The summed E-state index contributed by atoms with van der Waals surface area (Å²) in [6.45, 7) is 1.84. The van der Waals surface area contributed by atoms with Crippen molar-refractivity contribution in [2.75, 3.05) is 5.32 Å². The van der Waals surface area contributed by atoms with E-state index in [1.807, 2.05) is 24.4 Å². The number of carbonyl (C=O) groups excluding carboxylic acids is 2. The molecule has 0 saturated carbocycles. The van der Waals surface area contributed by atoms with Crippen LogP contribution >= 0.6 is 11.3 Å². The van der Waals surface area contributed by atoms with Crippen LogP contribution in [0.2, 0.25) is 0 Å². The van der Waals surface area contributed by atoms with Crippen LogP contribution in [0.1, 0.15) is 38.6 Å². The van der Waals surface area contributed by atoms with Crippen LogP contribution in [0.3, 0.4) is 0 Å². The van der Waals surface area contributed by atoms with Crippen LogP contribution in [0.4, 0.5) is 5.69 Å². The predicted octanol–water partition coefficient (Wildman–Crippen LogP) is 4.20. The van der Waals surface area contributed by atoms with Gasteiger partial charge in [0.2, 0.25) is 0 Å². The van der Waals surface area contributed by atoms with E-state index in [9.17, 15) is 14.7 Å². The third-order valence-electron chi connectivity index (χ3n) is 3.85. The number of phenolic OH excluding ortho intramolecular Hbond substituents is 1. The van der Waals surface area contributed by atoms with Gasteiger partial charge in [-0.2, -0.15) is 0 Å². The average molecular weight is 366 g/mol. The van der Waals surface area contributed by atoms with Crippen molar-refractivity contribution in [3.05, 3.63) is 82.0 Å². The molecule has 1 atom stereocenters. The van der Waals surface area contributed by atoms with Gasteiger partial charge in [-0.3, -0.25) is 9.59 Å². The van der Waals surface area contributed by atoms with Gasteiger partial charge in [-0.25, -0.2) is 0 Å². The molecule has 0 aliphatic heterocycles. The van der Waals surface area contributed by atoms with Crippen molar-refractivity contribution in [2.45, 2.75) is 13.0 Å². The maximum atomic E-state index is 12.5. The Morgan fingerprint density at radius 2 is 1.81 bits per heavy atom. The Morgan fingerprint density at radius 3 is 2.54 bits per heavy atom. The summed E-state index contributed by atoms with van der Waals surface area (Å²) >= 11 is 1.36. The molecule has 3 N–H and O–H groups in total. The van der Waals surface area contributed by atoms with E-state index in [-0.39, 0.29) is 23.6 Å². The Balaban J connectivity index is 1.69. The van der Waals surface area contributed by atoms with E-state index >= 15 is 0 Å². The lowest BCUT2D eigenvalue weighted by Gasteiger charge is -2.15. The van der Waals surface area contributed by atoms with Crippen molar-refractivity contribution in [1.29, 1.82) is 0 Å². The highest BCUT2D eigenvalue weighted by Crippen LogP contribution is 2.19. The van der Waals surface area contributed by atoms with Gasteiger partial charge in [0.05, 0.1) is 10.9 Å². The van der Waals surface area contributed by atoms with Gasteiger partial charge in [0.15, 0.2) is 0 Å². The molecule has 0 fully saturated rings. The van der Waals surface area contributed by atoms with E-state index < -0.39 is 0 Å².